The second-order valence-electron chi connectivity index (χ2n) is 4.85. The van der Waals surface area contributed by atoms with E-state index < -0.39 is 42.1 Å². The number of methoxy groups -OCH3 is 1. The van der Waals surface area contributed by atoms with Crippen LogP contribution in [0.1, 0.15) is 12.0 Å². The number of rotatable bonds is 3. The fourth-order valence-electron chi connectivity index (χ4n) is 2.40. The van der Waals surface area contributed by atoms with Gasteiger partial charge in [-0.2, -0.15) is 0 Å². The summed E-state index contributed by atoms with van der Waals surface area (Å²) in [7, 11) is 1.17. The maximum atomic E-state index is 13.5. The van der Waals surface area contributed by atoms with Gasteiger partial charge in [0, 0.05) is 18.5 Å². The maximum Gasteiger partial charge on any atom is 0.328 e. The van der Waals surface area contributed by atoms with E-state index in [2.05, 4.69) is 4.74 Å². The lowest BCUT2D eigenvalue weighted by Gasteiger charge is -2.22. The van der Waals surface area contributed by atoms with Gasteiger partial charge in [-0.1, -0.05) is 6.07 Å². The van der Waals surface area contributed by atoms with E-state index in [0.717, 1.165) is 17.0 Å². The van der Waals surface area contributed by atoms with Gasteiger partial charge in [-0.05, 0) is 12.1 Å². The Bertz CT molecular complexity index is 544. The predicted octanol–water partition coefficient (Wildman–Crippen LogP) is 0.642. The fraction of sp³-hybridized carbons (Fsp3) is 0.429. The van der Waals surface area contributed by atoms with E-state index in [1.54, 1.807) is 0 Å². The first-order valence-corrected chi connectivity index (χ1v) is 6.42. The molecule has 0 bridgehead atoms. The third-order valence-electron chi connectivity index (χ3n) is 3.46. The van der Waals surface area contributed by atoms with E-state index in [-0.39, 0.29) is 18.5 Å². The molecule has 0 saturated carbocycles. The molecule has 21 heavy (non-hydrogen) atoms. The van der Waals surface area contributed by atoms with Crippen molar-refractivity contribution in [2.45, 2.75) is 25.0 Å². The van der Waals surface area contributed by atoms with Crippen LogP contribution < -0.4 is 0 Å². The van der Waals surface area contributed by atoms with Gasteiger partial charge in [0.15, 0.2) is 0 Å². The average molecular weight is 299 g/mol. The van der Waals surface area contributed by atoms with Crippen LogP contribution in [0.3, 0.4) is 0 Å². The van der Waals surface area contributed by atoms with Crippen molar-refractivity contribution in [3.05, 3.63) is 35.4 Å². The Labute approximate surface area is 120 Å². The molecule has 0 aliphatic carbocycles. The van der Waals surface area contributed by atoms with Gasteiger partial charge in [0.1, 0.15) is 17.7 Å². The zero-order valence-corrected chi connectivity index (χ0v) is 11.4. The van der Waals surface area contributed by atoms with Gasteiger partial charge in [-0.25, -0.2) is 13.6 Å². The average Bonchev–Trinajstić information content (AvgIpc) is 2.84. The van der Waals surface area contributed by atoms with E-state index in [0.29, 0.717) is 0 Å². The lowest BCUT2D eigenvalue weighted by molar-refractivity contribution is -0.150. The number of β-amino-alcohol motifs (C(OH)–C–C–N with tert-alkyl or cyclic N) is 1. The minimum Gasteiger partial charge on any atom is -0.467 e. The van der Waals surface area contributed by atoms with Crippen molar-refractivity contribution in [3.8, 4) is 0 Å². The summed E-state index contributed by atoms with van der Waals surface area (Å²) in [6.45, 7) is -0.0608. The Morgan fingerprint density at radius 3 is 2.57 bits per heavy atom. The zero-order valence-electron chi connectivity index (χ0n) is 11.4. The molecule has 0 spiro atoms. The van der Waals surface area contributed by atoms with Crippen molar-refractivity contribution in [3.63, 3.8) is 0 Å². The van der Waals surface area contributed by atoms with E-state index in [1.807, 2.05) is 0 Å². The molecule has 2 atom stereocenters. The Kier molecular flexibility index (Phi) is 4.52. The number of carbonyl (C=O) groups is 2. The molecule has 1 aromatic carbocycles. The Morgan fingerprint density at radius 1 is 1.38 bits per heavy atom. The van der Waals surface area contributed by atoms with Gasteiger partial charge in [-0.3, -0.25) is 4.79 Å². The van der Waals surface area contributed by atoms with Crippen LogP contribution in [0.25, 0.3) is 0 Å². The van der Waals surface area contributed by atoms with Crippen LogP contribution in [0, 0.1) is 11.6 Å². The zero-order chi connectivity index (χ0) is 15.6. The summed E-state index contributed by atoms with van der Waals surface area (Å²) in [5.74, 6) is -2.93. The second-order valence-corrected chi connectivity index (χ2v) is 4.85. The van der Waals surface area contributed by atoms with E-state index in [9.17, 15) is 23.5 Å². The Hall–Kier alpha value is -2.02. The number of aliphatic hydroxyl groups is 1. The summed E-state index contributed by atoms with van der Waals surface area (Å²) in [6, 6.07) is 2.40. The first kappa shape index (κ1) is 15.4. The number of carbonyl (C=O) groups excluding carboxylic acids is 2. The number of hydrogen-bond acceptors (Lipinski definition) is 4. The summed E-state index contributed by atoms with van der Waals surface area (Å²) in [4.78, 5) is 24.9. The molecule has 1 fully saturated rings. The summed E-state index contributed by atoms with van der Waals surface area (Å²) >= 11 is 0. The molecule has 1 aliphatic heterocycles. The summed E-state index contributed by atoms with van der Waals surface area (Å²) in [5.41, 5.74) is -0.354. The molecular formula is C14H15F2NO4. The van der Waals surface area contributed by atoms with Crippen molar-refractivity contribution in [1.82, 2.24) is 4.90 Å². The molecule has 5 nitrogen and oxygen atoms in total. The maximum absolute atomic E-state index is 13.5. The molecule has 1 aliphatic rings. The topological polar surface area (TPSA) is 66.8 Å². The largest absolute Gasteiger partial charge is 0.467 e. The highest BCUT2D eigenvalue weighted by Gasteiger charge is 2.39. The number of halogens is 2. The lowest BCUT2D eigenvalue weighted by Crippen LogP contribution is -2.42. The third-order valence-corrected chi connectivity index (χ3v) is 3.46. The smallest absolute Gasteiger partial charge is 0.328 e. The van der Waals surface area contributed by atoms with Crippen LogP contribution in [0.5, 0.6) is 0 Å². The minimum absolute atomic E-state index is 0.0537. The highest BCUT2D eigenvalue weighted by atomic mass is 19.1. The summed E-state index contributed by atoms with van der Waals surface area (Å²) in [5, 5.41) is 9.59. The molecule has 1 heterocycles. The molecule has 1 N–H and O–H groups in total. The third kappa shape index (κ3) is 3.18. The molecule has 0 radical (unpaired) electrons. The quantitative estimate of drug-likeness (QED) is 0.832. The van der Waals surface area contributed by atoms with Gasteiger partial charge in [0.2, 0.25) is 5.91 Å². The van der Waals surface area contributed by atoms with Crippen molar-refractivity contribution in [2.75, 3.05) is 13.7 Å². The van der Waals surface area contributed by atoms with E-state index in [1.165, 1.54) is 13.2 Å². The van der Waals surface area contributed by atoms with Crippen LogP contribution in [0.15, 0.2) is 18.2 Å². The first-order valence-electron chi connectivity index (χ1n) is 6.42. The normalized spacial score (nSPS) is 21.4. The number of ether oxygens (including phenoxy) is 1. The van der Waals surface area contributed by atoms with Crippen LogP contribution in [0.4, 0.5) is 8.78 Å². The predicted molar refractivity (Wildman–Crippen MR) is 68.2 cm³/mol. The first-order chi connectivity index (χ1) is 9.93. The lowest BCUT2D eigenvalue weighted by atomic mass is 10.1. The highest BCUT2D eigenvalue weighted by Crippen LogP contribution is 2.21. The number of amides is 1. The number of hydrogen-bond donors (Lipinski definition) is 1. The van der Waals surface area contributed by atoms with Crippen molar-refractivity contribution in [2.24, 2.45) is 0 Å². The van der Waals surface area contributed by atoms with Gasteiger partial charge >= 0.3 is 5.97 Å². The Morgan fingerprint density at radius 2 is 2.00 bits per heavy atom. The number of esters is 1. The van der Waals surface area contributed by atoms with E-state index >= 15 is 0 Å². The molecule has 1 saturated heterocycles. The Balaban J connectivity index is 2.17. The molecule has 114 valence electrons. The standard InChI is InChI=1S/C14H15F2NO4/c1-21-14(20)12-5-8(18)7-17(12)13(19)6-9-10(15)3-2-4-11(9)16/h2-4,8,12,18H,5-7H2,1H3. The van der Waals surface area contributed by atoms with E-state index in [4.69, 9.17) is 0 Å². The SMILES string of the molecule is COC(=O)C1CC(O)CN1C(=O)Cc1c(F)cccc1F. The van der Waals surface area contributed by atoms with Crippen LogP contribution in [-0.2, 0) is 20.7 Å². The number of aliphatic hydroxyl groups excluding tert-OH is 1. The van der Waals surface area contributed by atoms with Crippen molar-refractivity contribution >= 4 is 11.9 Å². The van der Waals surface area contributed by atoms with Crippen molar-refractivity contribution in [1.29, 1.82) is 0 Å². The number of likely N-dealkylation sites (tertiary alicyclic amines) is 1. The summed E-state index contributed by atoms with van der Waals surface area (Å²) < 4.78 is 31.7. The van der Waals surface area contributed by atoms with Gasteiger partial charge in [0.25, 0.3) is 0 Å². The van der Waals surface area contributed by atoms with Crippen LogP contribution >= 0.6 is 0 Å². The second kappa shape index (κ2) is 6.17. The molecule has 7 heteroatoms. The van der Waals surface area contributed by atoms with Gasteiger partial charge in [-0.15, -0.1) is 0 Å². The molecule has 0 aromatic heterocycles. The highest BCUT2D eigenvalue weighted by molar-refractivity contribution is 5.86. The minimum atomic E-state index is -0.924. The number of benzene rings is 1. The van der Waals surface area contributed by atoms with Gasteiger partial charge < -0.3 is 14.7 Å². The molecule has 1 aromatic rings. The molecule has 2 unspecified atom stereocenters. The summed E-state index contributed by atoms with van der Waals surface area (Å²) in [6.07, 6.45) is -1.32. The fourth-order valence-corrected chi connectivity index (χ4v) is 2.40. The van der Waals surface area contributed by atoms with Crippen LogP contribution in [0.2, 0.25) is 0 Å². The van der Waals surface area contributed by atoms with Crippen LogP contribution in [-0.4, -0.2) is 47.7 Å². The molecule has 1 amide bonds. The molecular weight excluding hydrogens is 284 g/mol. The number of nitrogens with zero attached hydrogens (tertiary/aromatic N) is 1. The molecule has 2 rings (SSSR count). The van der Waals surface area contributed by atoms with Gasteiger partial charge in [0.05, 0.1) is 19.6 Å². The van der Waals surface area contributed by atoms with Crippen molar-refractivity contribution < 1.29 is 28.2 Å². The monoisotopic (exact) mass is 299 g/mol.